The lowest BCUT2D eigenvalue weighted by Crippen LogP contribution is -2.36. The molecule has 0 unspecified atom stereocenters. The summed E-state index contributed by atoms with van der Waals surface area (Å²) < 4.78 is 30.9. The van der Waals surface area contributed by atoms with Crippen molar-refractivity contribution in [2.24, 2.45) is 4.99 Å². The van der Waals surface area contributed by atoms with Gasteiger partial charge in [0, 0.05) is 25.0 Å². The number of benzene rings is 3. The largest absolute Gasteiger partial charge is 0.493 e. The second kappa shape index (κ2) is 10.8. The van der Waals surface area contributed by atoms with E-state index in [4.69, 9.17) is 14.2 Å². The molecule has 0 N–H and O–H groups in total. The maximum atomic E-state index is 13.1. The number of morpholine rings is 1. The smallest absolute Gasteiger partial charge is 0.174 e. The van der Waals surface area contributed by atoms with Gasteiger partial charge in [0.2, 0.25) is 0 Å². The SMILES string of the molecule is COc1cc(C=Nc2ccc(N3CCOCC3)cc2)cc(I)c1OCc1ccc(F)cc1. The van der Waals surface area contributed by atoms with E-state index in [1.165, 1.54) is 17.8 Å². The fourth-order valence-electron chi connectivity index (χ4n) is 3.41. The highest BCUT2D eigenvalue weighted by molar-refractivity contribution is 14.1. The Morgan fingerprint density at radius 1 is 1.06 bits per heavy atom. The summed E-state index contributed by atoms with van der Waals surface area (Å²) in [5.74, 6) is 1.02. The van der Waals surface area contributed by atoms with Crippen molar-refractivity contribution in [2.75, 3.05) is 38.3 Å². The molecule has 3 aromatic rings. The number of methoxy groups -OCH3 is 1. The third-order valence-electron chi connectivity index (χ3n) is 5.14. The number of anilines is 1. The number of ether oxygens (including phenoxy) is 3. The van der Waals surface area contributed by atoms with E-state index < -0.39 is 0 Å². The van der Waals surface area contributed by atoms with Gasteiger partial charge in [0.05, 0.1) is 29.6 Å². The van der Waals surface area contributed by atoms with Gasteiger partial charge in [-0.15, -0.1) is 0 Å². The lowest BCUT2D eigenvalue weighted by Gasteiger charge is -2.28. The number of nitrogens with zero attached hydrogens (tertiary/aromatic N) is 2. The lowest BCUT2D eigenvalue weighted by atomic mass is 10.2. The van der Waals surface area contributed by atoms with Gasteiger partial charge in [0.15, 0.2) is 11.5 Å². The van der Waals surface area contributed by atoms with Gasteiger partial charge in [-0.1, -0.05) is 12.1 Å². The Morgan fingerprint density at radius 2 is 1.78 bits per heavy atom. The summed E-state index contributed by atoms with van der Waals surface area (Å²) in [5.41, 5.74) is 3.87. The molecule has 1 aliphatic rings. The molecule has 7 heteroatoms. The normalized spacial score (nSPS) is 14.0. The second-order valence-electron chi connectivity index (χ2n) is 7.32. The van der Waals surface area contributed by atoms with Gasteiger partial charge < -0.3 is 19.1 Å². The predicted octanol–water partition coefficient (Wildman–Crippen LogP) is 5.61. The molecule has 5 nitrogen and oxygen atoms in total. The molecule has 0 saturated carbocycles. The Labute approximate surface area is 201 Å². The highest BCUT2D eigenvalue weighted by Gasteiger charge is 2.12. The summed E-state index contributed by atoms with van der Waals surface area (Å²) in [6.07, 6.45) is 1.82. The van der Waals surface area contributed by atoms with E-state index in [0.29, 0.717) is 18.1 Å². The van der Waals surface area contributed by atoms with Crippen molar-refractivity contribution < 1.29 is 18.6 Å². The summed E-state index contributed by atoms with van der Waals surface area (Å²) >= 11 is 2.22. The highest BCUT2D eigenvalue weighted by Crippen LogP contribution is 2.34. The molecule has 1 heterocycles. The summed E-state index contributed by atoms with van der Waals surface area (Å²) in [5, 5.41) is 0. The second-order valence-corrected chi connectivity index (χ2v) is 8.49. The van der Waals surface area contributed by atoms with Crippen LogP contribution in [0.2, 0.25) is 0 Å². The van der Waals surface area contributed by atoms with Crippen LogP contribution in [0.25, 0.3) is 0 Å². The van der Waals surface area contributed by atoms with Crippen LogP contribution in [0, 0.1) is 9.39 Å². The summed E-state index contributed by atoms with van der Waals surface area (Å²) in [7, 11) is 1.61. The molecule has 4 rings (SSSR count). The number of aliphatic imine (C=N–C) groups is 1. The van der Waals surface area contributed by atoms with Gasteiger partial charge in [0.1, 0.15) is 12.4 Å². The Morgan fingerprint density at radius 3 is 2.47 bits per heavy atom. The van der Waals surface area contributed by atoms with Crippen LogP contribution < -0.4 is 14.4 Å². The fraction of sp³-hybridized carbons (Fsp3) is 0.240. The van der Waals surface area contributed by atoms with Crippen LogP contribution in [-0.2, 0) is 11.3 Å². The molecule has 0 aromatic heterocycles. The Balaban J connectivity index is 1.44. The van der Waals surface area contributed by atoms with Crippen molar-refractivity contribution in [1.29, 1.82) is 0 Å². The predicted molar refractivity (Wildman–Crippen MR) is 133 cm³/mol. The highest BCUT2D eigenvalue weighted by atomic mass is 127. The van der Waals surface area contributed by atoms with E-state index in [1.54, 1.807) is 19.2 Å². The number of hydrogen-bond acceptors (Lipinski definition) is 5. The van der Waals surface area contributed by atoms with E-state index in [1.807, 2.05) is 30.5 Å². The van der Waals surface area contributed by atoms with Gasteiger partial charge >= 0.3 is 0 Å². The van der Waals surface area contributed by atoms with Crippen LogP contribution in [0.3, 0.4) is 0 Å². The monoisotopic (exact) mass is 546 g/mol. The van der Waals surface area contributed by atoms with Crippen molar-refractivity contribution >= 4 is 40.2 Å². The topological polar surface area (TPSA) is 43.3 Å². The van der Waals surface area contributed by atoms with E-state index in [9.17, 15) is 4.39 Å². The first-order valence-corrected chi connectivity index (χ1v) is 11.4. The van der Waals surface area contributed by atoms with Gasteiger partial charge in [-0.2, -0.15) is 0 Å². The molecule has 0 amide bonds. The van der Waals surface area contributed by atoms with Crippen molar-refractivity contribution in [3.8, 4) is 11.5 Å². The maximum absolute atomic E-state index is 13.1. The third-order valence-corrected chi connectivity index (χ3v) is 5.94. The number of halogens is 2. The lowest BCUT2D eigenvalue weighted by molar-refractivity contribution is 0.122. The van der Waals surface area contributed by atoms with E-state index in [0.717, 1.165) is 46.7 Å². The molecule has 1 aliphatic heterocycles. The third kappa shape index (κ3) is 5.77. The Kier molecular flexibility index (Phi) is 7.59. The fourth-order valence-corrected chi connectivity index (χ4v) is 4.19. The van der Waals surface area contributed by atoms with Crippen LogP contribution in [-0.4, -0.2) is 39.6 Å². The van der Waals surface area contributed by atoms with Crippen molar-refractivity contribution in [1.82, 2.24) is 0 Å². The minimum Gasteiger partial charge on any atom is -0.493 e. The first kappa shape index (κ1) is 22.5. The van der Waals surface area contributed by atoms with E-state index in [-0.39, 0.29) is 5.82 Å². The quantitative estimate of drug-likeness (QED) is 0.286. The zero-order chi connectivity index (χ0) is 22.3. The van der Waals surface area contributed by atoms with Crippen molar-refractivity contribution in [2.45, 2.75) is 6.61 Å². The van der Waals surface area contributed by atoms with Crippen LogP contribution in [0.15, 0.2) is 65.7 Å². The van der Waals surface area contributed by atoms with Crippen LogP contribution in [0.1, 0.15) is 11.1 Å². The van der Waals surface area contributed by atoms with Gasteiger partial charge in [-0.25, -0.2) is 4.39 Å². The van der Waals surface area contributed by atoms with Gasteiger partial charge in [-0.05, 0) is 82.2 Å². The summed E-state index contributed by atoms with van der Waals surface area (Å²) in [6.45, 7) is 3.69. The minimum atomic E-state index is -0.264. The number of hydrogen-bond donors (Lipinski definition) is 0. The maximum Gasteiger partial charge on any atom is 0.174 e. The molecule has 3 aromatic carbocycles. The molecule has 0 atom stereocenters. The molecule has 32 heavy (non-hydrogen) atoms. The molecule has 0 bridgehead atoms. The first-order valence-electron chi connectivity index (χ1n) is 10.3. The molecule has 0 aliphatic carbocycles. The standard InChI is InChI=1S/C25H24FIN2O3/c1-30-24-15-19(14-23(27)25(24)32-17-18-2-4-20(26)5-3-18)16-28-21-6-8-22(9-7-21)29-10-12-31-13-11-29/h2-9,14-16H,10-13,17H2,1H3. The zero-order valence-corrected chi connectivity index (χ0v) is 19.9. The molecular weight excluding hydrogens is 522 g/mol. The van der Waals surface area contributed by atoms with Crippen LogP contribution in [0.4, 0.5) is 15.8 Å². The van der Waals surface area contributed by atoms with Crippen LogP contribution in [0.5, 0.6) is 11.5 Å². The number of rotatable bonds is 7. The minimum absolute atomic E-state index is 0.264. The molecule has 1 fully saturated rings. The average molecular weight is 546 g/mol. The van der Waals surface area contributed by atoms with E-state index in [2.05, 4.69) is 44.6 Å². The molecule has 0 spiro atoms. The first-order chi connectivity index (χ1) is 15.6. The molecule has 1 saturated heterocycles. The van der Waals surface area contributed by atoms with Crippen molar-refractivity contribution in [3.63, 3.8) is 0 Å². The van der Waals surface area contributed by atoms with E-state index >= 15 is 0 Å². The van der Waals surface area contributed by atoms with Gasteiger partial charge in [-0.3, -0.25) is 4.99 Å². The molecule has 166 valence electrons. The molecule has 0 radical (unpaired) electrons. The van der Waals surface area contributed by atoms with Crippen LogP contribution >= 0.6 is 22.6 Å². The van der Waals surface area contributed by atoms with Gasteiger partial charge in [0.25, 0.3) is 0 Å². The summed E-state index contributed by atoms with van der Waals surface area (Å²) in [6, 6.07) is 18.4. The zero-order valence-electron chi connectivity index (χ0n) is 17.8. The molecular formula is C25H24FIN2O3. The Hall–Kier alpha value is -2.65. The van der Waals surface area contributed by atoms with Crippen molar-refractivity contribution in [3.05, 3.63) is 81.2 Å². The summed E-state index contributed by atoms with van der Waals surface area (Å²) in [4.78, 5) is 6.92. The average Bonchev–Trinajstić information content (AvgIpc) is 2.83. The Bertz CT molecular complexity index is 1070.